The second-order valence-corrected chi connectivity index (χ2v) is 4.03. The molecule has 0 bridgehead atoms. The van der Waals surface area contributed by atoms with E-state index in [2.05, 4.69) is 20.7 Å². The van der Waals surface area contributed by atoms with E-state index >= 15 is 0 Å². The number of furan rings is 1. The first-order chi connectivity index (χ1) is 8.02. The summed E-state index contributed by atoms with van der Waals surface area (Å²) in [6, 6.07) is 3.44. The van der Waals surface area contributed by atoms with Crippen LogP contribution in [-0.2, 0) is 14.3 Å². The monoisotopic (exact) mass is 301 g/mol. The van der Waals surface area contributed by atoms with Gasteiger partial charge in [-0.05, 0) is 34.1 Å². The molecule has 1 aromatic heterocycles. The van der Waals surface area contributed by atoms with E-state index < -0.39 is 5.97 Å². The molecular formula is C11H12BrNO4. The lowest BCUT2D eigenvalue weighted by atomic mass is 10.3. The van der Waals surface area contributed by atoms with Crippen LogP contribution in [0.3, 0.4) is 0 Å². The molecule has 6 heteroatoms. The normalized spacial score (nSPS) is 10.5. The molecule has 92 valence electrons. The number of rotatable bonds is 4. The van der Waals surface area contributed by atoms with Gasteiger partial charge in [-0.3, -0.25) is 9.59 Å². The number of ether oxygens (including phenoxy) is 1. The minimum atomic E-state index is -0.463. The average molecular weight is 302 g/mol. The van der Waals surface area contributed by atoms with E-state index in [1.165, 1.54) is 31.2 Å². The fourth-order valence-corrected chi connectivity index (χ4v) is 1.35. The van der Waals surface area contributed by atoms with Crippen molar-refractivity contribution in [1.82, 2.24) is 4.90 Å². The Morgan fingerprint density at radius 1 is 1.53 bits per heavy atom. The zero-order chi connectivity index (χ0) is 12.8. The molecule has 0 radical (unpaired) electrons. The van der Waals surface area contributed by atoms with Gasteiger partial charge in [-0.2, -0.15) is 0 Å². The molecule has 0 aliphatic carbocycles. The van der Waals surface area contributed by atoms with Gasteiger partial charge in [0.2, 0.25) is 5.91 Å². The SMILES string of the molecule is COC(=O)CN(C)C(=O)/C=C/c1ccc(Br)o1. The molecule has 1 heterocycles. The molecule has 0 aromatic carbocycles. The number of likely N-dealkylation sites (N-methyl/N-ethyl adjacent to an activating group) is 1. The van der Waals surface area contributed by atoms with Gasteiger partial charge in [0.15, 0.2) is 4.67 Å². The number of methoxy groups -OCH3 is 1. The first-order valence-electron chi connectivity index (χ1n) is 4.78. The third-order valence-electron chi connectivity index (χ3n) is 1.95. The van der Waals surface area contributed by atoms with E-state index in [-0.39, 0.29) is 12.5 Å². The quantitative estimate of drug-likeness (QED) is 0.627. The predicted molar refractivity (Wildman–Crippen MR) is 65.1 cm³/mol. The lowest BCUT2D eigenvalue weighted by Crippen LogP contribution is -2.31. The summed E-state index contributed by atoms with van der Waals surface area (Å²) in [6.07, 6.45) is 2.86. The number of halogens is 1. The molecule has 0 aliphatic rings. The fourth-order valence-electron chi connectivity index (χ4n) is 1.03. The van der Waals surface area contributed by atoms with Crippen LogP contribution < -0.4 is 0 Å². The van der Waals surface area contributed by atoms with Gasteiger partial charge in [-0.15, -0.1) is 0 Å². The summed E-state index contributed by atoms with van der Waals surface area (Å²) >= 11 is 3.15. The van der Waals surface area contributed by atoms with E-state index in [1.54, 1.807) is 12.1 Å². The van der Waals surface area contributed by atoms with Crippen LogP contribution in [-0.4, -0.2) is 37.5 Å². The van der Waals surface area contributed by atoms with Gasteiger partial charge < -0.3 is 14.1 Å². The lowest BCUT2D eigenvalue weighted by molar-refractivity contribution is -0.144. The maximum Gasteiger partial charge on any atom is 0.325 e. The third kappa shape index (κ3) is 4.44. The maximum atomic E-state index is 11.6. The first kappa shape index (κ1) is 13.5. The second kappa shape index (κ2) is 6.24. The zero-order valence-electron chi connectivity index (χ0n) is 9.47. The van der Waals surface area contributed by atoms with E-state index in [0.29, 0.717) is 10.4 Å². The molecule has 1 aromatic rings. The zero-order valence-corrected chi connectivity index (χ0v) is 11.1. The number of carbonyl (C=O) groups is 2. The van der Waals surface area contributed by atoms with Crippen LogP contribution in [0.25, 0.3) is 6.08 Å². The summed E-state index contributed by atoms with van der Waals surface area (Å²) in [7, 11) is 2.79. The number of hydrogen-bond donors (Lipinski definition) is 0. The highest BCUT2D eigenvalue weighted by Gasteiger charge is 2.10. The molecule has 5 nitrogen and oxygen atoms in total. The van der Waals surface area contributed by atoms with E-state index in [1.807, 2.05) is 0 Å². The molecule has 0 unspecified atom stereocenters. The van der Waals surface area contributed by atoms with Gasteiger partial charge in [0.25, 0.3) is 0 Å². The Morgan fingerprint density at radius 2 is 2.24 bits per heavy atom. The van der Waals surface area contributed by atoms with Gasteiger partial charge in [0.1, 0.15) is 12.3 Å². The number of nitrogens with zero attached hydrogens (tertiary/aromatic N) is 1. The Morgan fingerprint density at radius 3 is 2.76 bits per heavy atom. The number of esters is 1. The van der Waals surface area contributed by atoms with Crippen LogP contribution in [0, 0.1) is 0 Å². The number of hydrogen-bond acceptors (Lipinski definition) is 4. The van der Waals surface area contributed by atoms with Gasteiger partial charge in [-0.1, -0.05) is 0 Å². The van der Waals surface area contributed by atoms with Crippen LogP contribution in [0.2, 0.25) is 0 Å². The molecule has 1 amide bonds. The van der Waals surface area contributed by atoms with Crippen molar-refractivity contribution in [3.8, 4) is 0 Å². The largest absolute Gasteiger partial charge is 0.468 e. The molecule has 0 spiro atoms. The van der Waals surface area contributed by atoms with Crippen molar-refractivity contribution in [2.24, 2.45) is 0 Å². The highest BCUT2D eigenvalue weighted by atomic mass is 79.9. The molecule has 0 fully saturated rings. The van der Waals surface area contributed by atoms with Crippen molar-refractivity contribution in [3.63, 3.8) is 0 Å². The molecule has 1 rings (SSSR count). The Kier molecular flexibility index (Phi) is 4.96. The number of carbonyl (C=O) groups excluding carboxylic acids is 2. The van der Waals surface area contributed by atoms with E-state index in [9.17, 15) is 9.59 Å². The molecule has 0 atom stereocenters. The highest BCUT2D eigenvalue weighted by Crippen LogP contribution is 2.15. The fraction of sp³-hybridized carbons (Fsp3) is 0.273. The van der Waals surface area contributed by atoms with Crippen LogP contribution in [0.5, 0.6) is 0 Å². The van der Waals surface area contributed by atoms with Crippen LogP contribution in [0.15, 0.2) is 27.3 Å². The average Bonchev–Trinajstić information content (AvgIpc) is 2.71. The Hall–Kier alpha value is -1.56. The van der Waals surface area contributed by atoms with Crippen LogP contribution in [0.4, 0.5) is 0 Å². The van der Waals surface area contributed by atoms with Crippen molar-refractivity contribution in [2.45, 2.75) is 0 Å². The van der Waals surface area contributed by atoms with Gasteiger partial charge in [0.05, 0.1) is 7.11 Å². The smallest absolute Gasteiger partial charge is 0.325 e. The maximum absolute atomic E-state index is 11.6. The summed E-state index contributed by atoms with van der Waals surface area (Å²) in [4.78, 5) is 23.7. The summed E-state index contributed by atoms with van der Waals surface area (Å²) in [5.74, 6) is -0.213. The summed E-state index contributed by atoms with van der Waals surface area (Å²) < 4.78 is 10.2. The summed E-state index contributed by atoms with van der Waals surface area (Å²) in [5, 5.41) is 0. The van der Waals surface area contributed by atoms with Crippen LogP contribution in [0.1, 0.15) is 5.76 Å². The molecule has 0 saturated heterocycles. The Bertz CT molecular complexity index is 438. The van der Waals surface area contributed by atoms with Crippen molar-refractivity contribution in [2.75, 3.05) is 20.7 Å². The standard InChI is InChI=1S/C11H12BrNO4/c1-13(7-11(15)16-2)10(14)6-4-8-3-5-9(12)17-8/h3-6H,7H2,1-2H3/b6-4+. The molecule has 17 heavy (non-hydrogen) atoms. The molecule has 0 N–H and O–H groups in total. The summed E-state index contributed by atoms with van der Waals surface area (Å²) in [5.41, 5.74) is 0. The minimum Gasteiger partial charge on any atom is -0.468 e. The number of amides is 1. The van der Waals surface area contributed by atoms with Gasteiger partial charge in [-0.25, -0.2) is 0 Å². The Balaban J connectivity index is 2.54. The van der Waals surface area contributed by atoms with Crippen LogP contribution >= 0.6 is 15.9 Å². The lowest BCUT2D eigenvalue weighted by Gasteiger charge is -2.12. The second-order valence-electron chi connectivity index (χ2n) is 3.25. The first-order valence-corrected chi connectivity index (χ1v) is 5.57. The van der Waals surface area contributed by atoms with Crippen molar-refractivity contribution in [1.29, 1.82) is 0 Å². The van der Waals surface area contributed by atoms with E-state index in [0.717, 1.165) is 0 Å². The van der Waals surface area contributed by atoms with Gasteiger partial charge >= 0.3 is 5.97 Å². The highest BCUT2D eigenvalue weighted by molar-refractivity contribution is 9.10. The molecule has 0 aliphatic heterocycles. The third-order valence-corrected chi connectivity index (χ3v) is 2.38. The molecular weight excluding hydrogens is 290 g/mol. The van der Waals surface area contributed by atoms with Crippen molar-refractivity contribution in [3.05, 3.63) is 28.6 Å². The minimum absolute atomic E-state index is 0.0818. The Labute approximate surface area is 107 Å². The van der Waals surface area contributed by atoms with Gasteiger partial charge in [0, 0.05) is 13.1 Å². The van der Waals surface area contributed by atoms with Crippen molar-refractivity contribution >= 4 is 33.9 Å². The topological polar surface area (TPSA) is 59.8 Å². The summed E-state index contributed by atoms with van der Waals surface area (Å²) in [6.45, 7) is -0.0818. The predicted octanol–water partition coefficient (Wildman–Crippen LogP) is 1.69. The van der Waals surface area contributed by atoms with Crippen molar-refractivity contribution < 1.29 is 18.7 Å². The molecule has 0 saturated carbocycles. The van der Waals surface area contributed by atoms with E-state index in [4.69, 9.17) is 4.42 Å².